The topological polar surface area (TPSA) is 54.0 Å². The largest absolute Gasteiger partial charge is 0.366 e. The number of nitrogens with one attached hydrogen (secondary N) is 2. The highest BCUT2D eigenvalue weighted by Gasteiger charge is 2.06. The van der Waals surface area contributed by atoms with Crippen molar-refractivity contribution in [2.45, 2.75) is 13.5 Å². The van der Waals surface area contributed by atoms with E-state index >= 15 is 0 Å². The number of benzene rings is 2. The molecule has 25 heavy (non-hydrogen) atoms. The van der Waals surface area contributed by atoms with Gasteiger partial charge in [0.25, 0.3) is 5.91 Å². The maximum atomic E-state index is 12.9. The molecule has 0 aliphatic carbocycles. The fourth-order valence-electron chi connectivity index (χ4n) is 2.34. The van der Waals surface area contributed by atoms with Gasteiger partial charge in [-0.25, -0.2) is 9.37 Å². The number of aromatic nitrogens is 1. The predicted molar refractivity (Wildman–Crippen MR) is 97.1 cm³/mol. The molecule has 3 aromatic rings. The van der Waals surface area contributed by atoms with Crippen molar-refractivity contribution in [3.63, 3.8) is 0 Å². The van der Waals surface area contributed by atoms with Crippen LogP contribution in [-0.2, 0) is 6.54 Å². The van der Waals surface area contributed by atoms with Gasteiger partial charge in [0.15, 0.2) is 0 Å². The molecule has 0 radical (unpaired) electrons. The highest BCUT2D eigenvalue weighted by atomic mass is 19.1. The van der Waals surface area contributed by atoms with Crippen molar-refractivity contribution < 1.29 is 9.18 Å². The smallest absolute Gasteiger partial charge is 0.255 e. The van der Waals surface area contributed by atoms with Crippen molar-refractivity contribution in [1.29, 1.82) is 0 Å². The van der Waals surface area contributed by atoms with Crippen molar-refractivity contribution in [1.82, 2.24) is 4.98 Å². The Morgan fingerprint density at radius 1 is 1.00 bits per heavy atom. The number of pyridine rings is 1. The quantitative estimate of drug-likeness (QED) is 0.727. The lowest BCUT2D eigenvalue weighted by molar-refractivity contribution is 0.102. The summed E-state index contributed by atoms with van der Waals surface area (Å²) in [4.78, 5) is 16.5. The van der Waals surface area contributed by atoms with Crippen LogP contribution in [0.25, 0.3) is 0 Å². The van der Waals surface area contributed by atoms with Crippen molar-refractivity contribution >= 4 is 17.4 Å². The fraction of sp³-hybridized carbons (Fsp3) is 0.100. The zero-order valence-electron chi connectivity index (χ0n) is 13.8. The van der Waals surface area contributed by atoms with Crippen LogP contribution in [0.5, 0.6) is 0 Å². The molecule has 0 unspecified atom stereocenters. The number of nitrogens with zero attached hydrogens (tertiary/aromatic N) is 1. The Labute approximate surface area is 145 Å². The summed E-state index contributed by atoms with van der Waals surface area (Å²) in [6.45, 7) is 2.59. The van der Waals surface area contributed by atoms with E-state index in [1.54, 1.807) is 0 Å². The van der Waals surface area contributed by atoms with Gasteiger partial charge < -0.3 is 10.6 Å². The van der Waals surface area contributed by atoms with E-state index in [9.17, 15) is 9.18 Å². The number of carbonyl (C=O) groups excluding carboxylic acids is 1. The number of amides is 1. The number of halogens is 1. The zero-order chi connectivity index (χ0) is 17.6. The fourth-order valence-corrected chi connectivity index (χ4v) is 2.34. The Morgan fingerprint density at radius 2 is 1.72 bits per heavy atom. The van der Waals surface area contributed by atoms with Gasteiger partial charge in [0, 0.05) is 23.5 Å². The molecular weight excluding hydrogens is 317 g/mol. The van der Waals surface area contributed by atoms with E-state index in [-0.39, 0.29) is 11.7 Å². The van der Waals surface area contributed by atoms with Gasteiger partial charge in [0.2, 0.25) is 0 Å². The Hall–Kier alpha value is -3.21. The van der Waals surface area contributed by atoms with Crippen LogP contribution in [0.4, 0.5) is 15.9 Å². The summed E-state index contributed by atoms with van der Waals surface area (Å²) < 4.78 is 12.9. The first kappa shape index (κ1) is 16.6. The summed E-state index contributed by atoms with van der Waals surface area (Å²) >= 11 is 0. The van der Waals surface area contributed by atoms with Gasteiger partial charge in [-0.2, -0.15) is 0 Å². The molecule has 0 aliphatic heterocycles. The third kappa shape index (κ3) is 4.64. The number of aryl methyl sites for hydroxylation is 1. The number of hydrogen-bond acceptors (Lipinski definition) is 3. The van der Waals surface area contributed by atoms with E-state index in [1.807, 2.05) is 49.4 Å². The average Bonchev–Trinajstić information content (AvgIpc) is 2.62. The normalized spacial score (nSPS) is 10.3. The van der Waals surface area contributed by atoms with Gasteiger partial charge in [-0.1, -0.05) is 18.2 Å². The second kappa shape index (κ2) is 7.57. The lowest BCUT2D eigenvalue weighted by Crippen LogP contribution is -2.11. The van der Waals surface area contributed by atoms with E-state index in [0.717, 1.165) is 17.1 Å². The molecule has 126 valence electrons. The molecular formula is C20H18FN3O. The second-order valence-electron chi connectivity index (χ2n) is 5.68. The number of hydrogen-bond donors (Lipinski definition) is 2. The molecule has 1 heterocycles. The Bertz CT molecular complexity index is 861. The van der Waals surface area contributed by atoms with E-state index < -0.39 is 0 Å². The standard InChI is InChI=1S/C20H18FN3O/c1-14-3-2-4-19(23-14)22-13-15-5-11-18(12-6-15)24-20(25)16-7-9-17(21)10-8-16/h2-12H,13H2,1H3,(H,22,23)(H,24,25). The Balaban J connectivity index is 1.58. The third-order valence-corrected chi connectivity index (χ3v) is 3.68. The van der Waals surface area contributed by atoms with Gasteiger partial charge in [-0.15, -0.1) is 0 Å². The van der Waals surface area contributed by atoms with Gasteiger partial charge in [-0.3, -0.25) is 4.79 Å². The summed E-state index contributed by atoms with van der Waals surface area (Å²) in [6.07, 6.45) is 0. The molecule has 0 spiro atoms. The van der Waals surface area contributed by atoms with Crippen LogP contribution in [0.15, 0.2) is 66.7 Å². The molecule has 2 N–H and O–H groups in total. The molecule has 1 amide bonds. The predicted octanol–water partition coefficient (Wildman–Crippen LogP) is 4.39. The first-order valence-electron chi connectivity index (χ1n) is 7.93. The van der Waals surface area contributed by atoms with Crippen molar-refractivity contribution in [2.24, 2.45) is 0 Å². The lowest BCUT2D eigenvalue weighted by Gasteiger charge is -2.08. The molecule has 0 bridgehead atoms. The minimum absolute atomic E-state index is 0.269. The van der Waals surface area contributed by atoms with Crippen LogP contribution in [-0.4, -0.2) is 10.9 Å². The van der Waals surface area contributed by atoms with Gasteiger partial charge >= 0.3 is 0 Å². The third-order valence-electron chi connectivity index (χ3n) is 3.68. The van der Waals surface area contributed by atoms with Crippen LogP contribution >= 0.6 is 0 Å². The minimum Gasteiger partial charge on any atom is -0.366 e. The van der Waals surface area contributed by atoms with Gasteiger partial charge in [0.05, 0.1) is 0 Å². The maximum absolute atomic E-state index is 12.9. The molecule has 4 nitrogen and oxygen atoms in total. The molecule has 5 heteroatoms. The molecule has 0 aliphatic rings. The molecule has 0 saturated heterocycles. The van der Waals surface area contributed by atoms with E-state index in [1.165, 1.54) is 24.3 Å². The van der Waals surface area contributed by atoms with Crippen LogP contribution in [0.1, 0.15) is 21.6 Å². The first-order chi connectivity index (χ1) is 12.1. The SMILES string of the molecule is Cc1cccc(NCc2ccc(NC(=O)c3ccc(F)cc3)cc2)n1. The zero-order valence-corrected chi connectivity index (χ0v) is 13.8. The van der Waals surface area contributed by atoms with Gasteiger partial charge in [-0.05, 0) is 61.0 Å². The van der Waals surface area contributed by atoms with Crippen molar-refractivity contribution in [3.8, 4) is 0 Å². The summed E-state index contributed by atoms with van der Waals surface area (Å²) in [5, 5.41) is 6.05. The minimum atomic E-state index is -0.364. The maximum Gasteiger partial charge on any atom is 0.255 e. The van der Waals surface area contributed by atoms with Crippen molar-refractivity contribution in [2.75, 3.05) is 10.6 Å². The summed E-state index contributed by atoms with van der Waals surface area (Å²) in [7, 11) is 0. The first-order valence-corrected chi connectivity index (χ1v) is 7.93. The molecule has 0 atom stereocenters. The van der Waals surface area contributed by atoms with Crippen LogP contribution in [0, 0.1) is 12.7 Å². The summed E-state index contributed by atoms with van der Waals surface area (Å²) in [5.74, 6) is 0.194. The molecule has 2 aromatic carbocycles. The monoisotopic (exact) mass is 335 g/mol. The lowest BCUT2D eigenvalue weighted by atomic mass is 10.1. The van der Waals surface area contributed by atoms with Crippen LogP contribution in [0.3, 0.4) is 0 Å². The average molecular weight is 335 g/mol. The highest BCUT2D eigenvalue weighted by molar-refractivity contribution is 6.04. The van der Waals surface area contributed by atoms with Crippen molar-refractivity contribution in [3.05, 3.63) is 89.4 Å². The molecule has 3 rings (SSSR count). The number of anilines is 2. The Kier molecular flexibility index (Phi) is 5.04. The molecule has 0 fully saturated rings. The summed E-state index contributed by atoms with van der Waals surface area (Å²) in [6, 6.07) is 18.8. The van der Waals surface area contributed by atoms with E-state index in [0.29, 0.717) is 17.8 Å². The van der Waals surface area contributed by atoms with E-state index in [4.69, 9.17) is 0 Å². The highest BCUT2D eigenvalue weighted by Crippen LogP contribution is 2.13. The van der Waals surface area contributed by atoms with E-state index in [2.05, 4.69) is 15.6 Å². The number of carbonyl (C=O) groups is 1. The van der Waals surface area contributed by atoms with Crippen LogP contribution in [0.2, 0.25) is 0 Å². The van der Waals surface area contributed by atoms with Crippen LogP contribution < -0.4 is 10.6 Å². The summed E-state index contributed by atoms with van der Waals surface area (Å²) in [5.41, 5.74) is 3.14. The second-order valence-corrected chi connectivity index (χ2v) is 5.68. The Morgan fingerprint density at radius 3 is 2.40 bits per heavy atom. The van der Waals surface area contributed by atoms with Gasteiger partial charge in [0.1, 0.15) is 11.6 Å². The number of rotatable bonds is 5. The molecule has 1 aromatic heterocycles. The molecule has 0 saturated carbocycles.